The van der Waals surface area contributed by atoms with E-state index in [2.05, 4.69) is 51.2 Å². The SMILES string of the molecule is CCCCC1=C(C)c2ccccc2[CH]1[Zr+2][SiH](C)C.[I-].[I-]. The van der Waals surface area contributed by atoms with Crippen LogP contribution in [0, 0.1) is 0 Å². The second kappa shape index (κ2) is 10.3. The van der Waals surface area contributed by atoms with E-state index in [-0.39, 0.29) is 76.3 Å². The number of hydrogen-bond acceptors (Lipinski definition) is 0. The van der Waals surface area contributed by atoms with Crippen molar-refractivity contribution in [3.05, 3.63) is 41.0 Å². The number of allylic oxidation sites excluding steroid dienone is 2. The Kier molecular flexibility index (Phi) is 11.1. The Morgan fingerprint density at radius 1 is 1.15 bits per heavy atom. The van der Waals surface area contributed by atoms with Crippen LogP contribution in [0.5, 0.6) is 0 Å². The van der Waals surface area contributed by atoms with E-state index in [1.54, 1.807) is 16.7 Å². The molecule has 0 radical (unpaired) electrons. The normalized spacial score (nSPS) is 16.4. The predicted octanol–water partition coefficient (Wildman–Crippen LogP) is -1.22. The third-order valence-electron chi connectivity index (χ3n) is 3.81. The second-order valence-electron chi connectivity index (χ2n) is 5.60. The predicted molar refractivity (Wildman–Crippen MR) is 80.2 cm³/mol. The summed E-state index contributed by atoms with van der Waals surface area (Å²) >= 11 is -0.215. The van der Waals surface area contributed by atoms with Gasteiger partial charge in [0.1, 0.15) is 0 Å². The first-order valence-electron chi connectivity index (χ1n) is 7.20. The van der Waals surface area contributed by atoms with Crippen molar-refractivity contribution < 1.29 is 70.3 Å². The third-order valence-corrected chi connectivity index (χ3v) is 13.8. The molecular formula is C16H24I2SiZr. The van der Waals surface area contributed by atoms with Gasteiger partial charge in [-0.2, -0.15) is 0 Å². The van der Waals surface area contributed by atoms with Crippen LogP contribution in [0.4, 0.5) is 0 Å². The van der Waals surface area contributed by atoms with Crippen molar-refractivity contribution in [2.75, 3.05) is 0 Å². The minimum absolute atomic E-state index is 0. The molecule has 1 aromatic carbocycles. The minimum atomic E-state index is -0.346. The summed E-state index contributed by atoms with van der Waals surface area (Å²) in [6.45, 7) is 9.79. The molecule has 0 aliphatic heterocycles. The molecule has 0 bridgehead atoms. The van der Waals surface area contributed by atoms with Crippen molar-refractivity contribution in [1.29, 1.82) is 0 Å². The van der Waals surface area contributed by atoms with Gasteiger partial charge in [0.2, 0.25) is 0 Å². The van der Waals surface area contributed by atoms with Gasteiger partial charge >= 0.3 is 125 Å². The Morgan fingerprint density at radius 3 is 2.40 bits per heavy atom. The summed E-state index contributed by atoms with van der Waals surface area (Å²) in [5.74, 6) is -0.346. The van der Waals surface area contributed by atoms with Crippen LogP contribution in [-0.4, -0.2) is 5.92 Å². The van der Waals surface area contributed by atoms with Crippen LogP contribution < -0.4 is 48.0 Å². The molecular weight excluding hydrogens is 565 g/mol. The zero-order valence-corrected chi connectivity index (χ0v) is 20.8. The molecule has 0 heterocycles. The number of benzene rings is 1. The second-order valence-corrected chi connectivity index (χ2v) is 20.6. The molecule has 110 valence electrons. The first kappa shape index (κ1) is 21.5. The fraction of sp³-hybridized carbons (Fsp3) is 0.500. The molecule has 0 fully saturated rings. The molecule has 4 heteroatoms. The van der Waals surface area contributed by atoms with Gasteiger partial charge in [0.15, 0.2) is 0 Å². The summed E-state index contributed by atoms with van der Waals surface area (Å²) in [5, 5.41) is 0. The molecule has 0 N–H and O–H groups in total. The molecule has 0 spiro atoms. The fourth-order valence-corrected chi connectivity index (χ4v) is 13.2. The number of hydrogen-bond donors (Lipinski definition) is 0. The Hall–Kier alpha value is 1.52. The van der Waals surface area contributed by atoms with Crippen molar-refractivity contribution in [3.63, 3.8) is 0 Å². The maximum absolute atomic E-state index is 2.56. The van der Waals surface area contributed by atoms with Crippen molar-refractivity contribution >= 4 is 11.5 Å². The van der Waals surface area contributed by atoms with E-state index in [1.807, 2.05) is 5.57 Å². The average Bonchev–Trinajstić information content (AvgIpc) is 2.61. The van der Waals surface area contributed by atoms with E-state index >= 15 is 0 Å². The molecule has 1 atom stereocenters. The molecule has 1 aliphatic carbocycles. The van der Waals surface area contributed by atoms with E-state index in [9.17, 15) is 0 Å². The van der Waals surface area contributed by atoms with Gasteiger partial charge in [0, 0.05) is 0 Å². The van der Waals surface area contributed by atoms with Crippen LogP contribution in [0.2, 0.25) is 13.1 Å². The molecule has 0 nitrogen and oxygen atoms in total. The molecule has 0 amide bonds. The Morgan fingerprint density at radius 2 is 1.80 bits per heavy atom. The van der Waals surface area contributed by atoms with Gasteiger partial charge in [-0.15, -0.1) is 0 Å². The number of halogens is 2. The third kappa shape index (κ3) is 5.02. The zero-order valence-electron chi connectivity index (χ0n) is 12.8. The van der Waals surface area contributed by atoms with Gasteiger partial charge in [-0.25, -0.2) is 0 Å². The van der Waals surface area contributed by atoms with Gasteiger partial charge in [-0.05, 0) is 0 Å². The molecule has 20 heavy (non-hydrogen) atoms. The quantitative estimate of drug-likeness (QED) is 0.299. The summed E-state index contributed by atoms with van der Waals surface area (Å²) in [5.41, 5.74) is 6.71. The average molecular weight is 589 g/mol. The van der Waals surface area contributed by atoms with E-state index in [4.69, 9.17) is 0 Å². The van der Waals surface area contributed by atoms with Crippen LogP contribution >= 0.6 is 0 Å². The standard InChI is InChI=1S/C14H17.C2H7Si.2HI.Zr/c1-3-4-7-12-10-13-8-5-6-9-14(13)11(12)2;1-3-2;;;/h5-6,8-10H,3-4,7H2,1-2H3;3H,1-2H3;2*1H;/q;;;;+2/p-2. The zero-order chi connectivity index (χ0) is 13.1. The first-order valence-corrected chi connectivity index (χ1v) is 15.8. The van der Waals surface area contributed by atoms with Crippen molar-refractivity contribution in [2.45, 2.75) is 49.8 Å². The summed E-state index contributed by atoms with van der Waals surface area (Å²) in [6.07, 6.45) is 4.05. The molecule has 1 aromatic rings. The largest absolute Gasteiger partial charge is 1.00 e. The topological polar surface area (TPSA) is 0 Å². The van der Waals surface area contributed by atoms with E-state index in [0.29, 0.717) is 0 Å². The van der Waals surface area contributed by atoms with Crippen LogP contribution in [0.15, 0.2) is 29.8 Å². The smallest absolute Gasteiger partial charge is 1.00 e. The van der Waals surface area contributed by atoms with Crippen molar-refractivity contribution in [1.82, 2.24) is 0 Å². The van der Waals surface area contributed by atoms with Gasteiger partial charge in [0.25, 0.3) is 0 Å². The summed E-state index contributed by atoms with van der Waals surface area (Å²) < 4.78 is 0.919. The van der Waals surface area contributed by atoms with Crippen LogP contribution in [0.3, 0.4) is 0 Å². The number of rotatable bonds is 5. The Balaban J connectivity index is 0.00000180. The minimum Gasteiger partial charge on any atom is -1.00 e. The maximum Gasteiger partial charge on any atom is -1.00 e. The Bertz CT molecular complexity index is 458. The van der Waals surface area contributed by atoms with Crippen molar-refractivity contribution in [3.8, 4) is 0 Å². The van der Waals surface area contributed by atoms with Crippen LogP contribution in [0.25, 0.3) is 5.57 Å². The van der Waals surface area contributed by atoms with Crippen molar-refractivity contribution in [2.24, 2.45) is 0 Å². The van der Waals surface area contributed by atoms with Gasteiger partial charge in [-0.1, -0.05) is 0 Å². The summed E-state index contributed by atoms with van der Waals surface area (Å²) in [6, 6.07) is 9.20. The monoisotopic (exact) mass is 588 g/mol. The summed E-state index contributed by atoms with van der Waals surface area (Å²) in [7, 11) is 0. The summed E-state index contributed by atoms with van der Waals surface area (Å²) in [4.78, 5) is 0. The van der Waals surface area contributed by atoms with Crippen LogP contribution in [0.1, 0.15) is 47.9 Å². The number of fused-ring (bicyclic) bond motifs is 1. The van der Waals surface area contributed by atoms with E-state index in [1.165, 1.54) is 19.3 Å². The molecule has 1 unspecified atom stereocenters. The maximum atomic E-state index is 2.56. The molecule has 2 rings (SSSR count). The van der Waals surface area contributed by atoms with Crippen LogP contribution in [-0.2, 0) is 22.4 Å². The first-order chi connectivity index (χ1) is 8.65. The Labute approximate surface area is 170 Å². The van der Waals surface area contributed by atoms with E-state index < -0.39 is 0 Å². The van der Waals surface area contributed by atoms with Gasteiger partial charge in [0.05, 0.1) is 0 Å². The number of unbranched alkanes of at least 4 members (excludes halogenated alkanes) is 1. The van der Waals surface area contributed by atoms with Gasteiger partial charge < -0.3 is 48.0 Å². The molecule has 1 aliphatic rings. The van der Waals surface area contributed by atoms with Gasteiger partial charge in [-0.3, -0.25) is 0 Å². The molecule has 0 aromatic heterocycles. The fourth-order valence-electron chi connectivity index (χ4n) is 2.89. The molecule has 0 saturated carbocycles. The molecule has 0 saturated heterocycles. The van der Waals surface area contributed by atoms with E-state index in [0.717, 1.165) is 3.63 Å².